The fourth-order valence-electron chi connectivity index (χ4n) is 2.74. The Labute approximate surface area is 152 Å². The van der Waals surface area contributed by atoms with Gasteiger partial charge in [0.15, 0.2) is 5.96 Å². The number of nitrogens with zero attached hydrogens (tertiary/aromatic N) is 2. The van der Waals surface area contributed by atoms with Crippen LogP contribution in [-0.4, -0.2) is 54.5 Å². The zero-order valence-corrected chi connectivity index (χ0v) is 16.4. The molecule has 0 aromatic rings. The van der Waals surface area contributed by atoms with Crippen LogP contribution in [0.2, 0.25) is 0 Å². The minimum atomic E-state index is -0.754. The van der Waals surface area contributed by atoms with E-state index in [1.54, 1.807) is 6.92 Å². The van der Waals surface area contributed by atoms with Crippen LogP contribution in [0.15, 0.2) is 4.99 Å². The molecule has 1 atom stereocenters. The van der Waals surface area contributed by atoms with E-state index in [1.165, 1.54) is 4.90 Å². The van der Waals surface area contributed by atoms with Crippen LogP contribution in [0, 0.1) is 5.92 Å². The number of guanidine groups is 1. The molecular formula is C18H35N5O2. The van der Waals surface area contributed by atoms with Crippen molar-refractivity contribution in [2.24, 2.45) is 10.9 Å². The van der Waals surface area contributed by atoms with E-state index in [2.05, 4.69) is 34.8 Å². The molecule has 0 aromatic heterocycles. The monoisotopic (exact) mass is 353 g/mol. The molecule has 1 fully saturated rings. The molecule has 3 N–H and O–H groups in total. The molecule has 0 saturated carbocycles. The molecule has 1 rings (SSSR count). The summed E-state index contributed by atoms with van der Waals surface area (Å²) in [5, 5.41) is 9.29. The number of carbonyl (C=O) groups is 2. The summed E-state index contributed by atoms with van der Waals surface area (Å²) in [6.45, 7) is 12.8. The molecular weight excluding hydrogens is 318 g/mol. The van der Waals surface area contributed by atoms with E-state index >= 15 is 0 Å². The van der Waals surface area contributed by atoms with Gasteiger partial charge < -0.3 is 16.0 Å². The second kappa shape index (κ2) is 10.3. The van der Waals surface area contributed by atoms with Crippen molar-refractivity contribution in [3.8, 4) is 0 Å². The largest absolute Gasteiger partial charge is 0.357 e. The second-order valence-corrected chi connectivity index (χ2v) is 6.76. The van der Waals surface area contributed by atoms with Gasteiger partial charge in [-0.15, -0.1) is 0 Å². The maximum absolute atomic E-state index is 12.3. The third kappa shape index (κ3) is 5.90. The van der Waals surface area contributed by atoms with Gasteiger partial charge >= 0.3 is 6.03 Å². The van der Waals surface area contributed by atoms with Gasteiger partial charge in [0.25, 0.3) is 5.91 Å². The molecule has 7 heteroatoms. The van der Waals surface area contributed by atoms with Crippen molar-refractivity contribution in [3.63, 3.8) is 0 Å². The highest BCUT2D eigenvalue weighted by atomic mass is 16.2. The first-order chi connectivity index (χ1) is 11.9. The number of hydrogen-bond donors (Lipinski definition) is 3. The Morgan fingerprint density at radius 1 is 1.20 bits per heavy atom. The first-order valence-corrected chi connectivity index (χ1v) is 9.58. The van der Waals surface area contributed by atoms with Crippen LogP contribution in [0.4, 0.5) is 4.79 Å². The van der Waals surface area contributed by atoms with Gasteiger partial charge in [0, 0.05) is 26.2 Å². The van der Waals surface area contributed by atoms with E-state index in [0.717, 1.165) is 31.9 Å². The molecule has 0 spiro atoms. The zero-order chi connectivity index (χ0) is 18.9. The molecule has 7 nitrogen and oxygen atoms in total. The maximum Gasteiger partial charge on any atom is 0.325 e. The molecule has 1 saturated heterocycles. The van der Waals surface area contributed by atoms with E-state index in [0.29, 0.717) is 31.8 Å². The molecule has 1 aliphatic rings. The lowest BCUT2D eigenvalue weighted by molar-refractivity contribution is -0.130. The Hall–Kier alpha value is -1.79. The number of aliphatic imine (C=N–C) groups is 1. The molecule has 1 unspecified atom stereocenters. The van der Waals surface area contributed by atoms with Crippen molar-refractivity contribution in [1.82, 2.24) is 20.9 Å². The summed E-state index contributed by atoms with van der Waals surface area (Å²) in [5.41, 5.74) is -0.754. The van der Waals surface area contributed by atoms with Crippen LogP contribution in [0.3, 0.4) is 0 Å². The summed E-state index contributed by atoms with van der Waals surface area (Å²) in [5.74, 6) is 1.27. The van der Waals surface area contributed by atoms with E-state index in [-0.39, 0.29) is 11.9 Å². The second-order valence-electron chi connectivity index (χ2n) is 6.76. The smallest absolute Gasteiger partial charge is 0.325 e. The van der Waals surface area contributed by atoms with Gasteiger partial charge in [-0.05, 0) is 32.6 Å². The van der Waals surface area contributed by atoms with Crippen LogP contribution in [0.5, 0.6) is 0 Å². The number of imide groups is 1. The third-order valence-corrected chi connectivity index (χ3v) is 4.91. The quantitative estimate of drug-likeness (QED) is 0.243. The van der Waals surface area contributed by atoms with Crippen molar-refractivity contribution in [1.29, 1.82) is 0 Å². The Balaban J connectivity index is 2.45. The molecule has 1 aliphatic heterocycles. The Morgan fingerprint density at radius 3 is 2.40 bits per heavy atom. The van der Waals surface area contributed by atoms with Crippen LogP contribution in [-0.2, 0) is 4.79 Å². The summed E-state index contributed by atoms with van der Waals surface area (Å²) in [6, 6.07) is -0.288. The summed E-state index contributed by atoms with van der Waals surface area (Å²) < 4.78 is 0. The lowest BCUT2D eigenvalue weighted by Crippen LogP contribution is -2.43. The summed E-state index contributed by atoms with van der Waals surface area (Å²) >= 11 is 0. The van der Waals surface area contributed by atoms with Gasteiger partial charge in [-0.3, -0.25) is 14.7 Å². The van der Waals surface area contributed by atoms with Crippen molar-refractivity contribution in [2.45, 2.75) is 65.8 Å². The topological polar surface area (TPSA) is 85.8 Å². The lowest BCUT2D eigenvalue weighted by atomic mass is 9.99. The fraction of sp³-hybridized carbons (Fsp3) is 0.833. The van der Waals surface area contributed by atoms with Gasteiger partial charge in [-0.25, -0.2) is 4.79 Å². The number of urea groups is 1. The molecule has 0 aliphatic carbocycles. The van der Waals surface area contributed by atoms with Crippen molar-refractivity contribution < 1.29 is 9.59 Å². The van der Waals surface area contributed by atoms with Crippen LogP contribution >= 0.6 is 0 Å². The molecule has 1 heterocycles. The van der Waals surface area contributed by atoms with Crippen molar-refractivity contribution in [3.05, 3.63) is 0 Å². The first kappa shape index (κ1) is 21.3. The van der Waals surface area contributed by atoms with Gasteiger partial charge in [0.1, 0.15) is 5.54 Å². The average molecular weight is 354 g/mol. The zero-order valence-electron chi connectivity index (χ0n) is 16.4. The molecule has 0 aromatic carbocycles. The molecule has 144 valence electrons. The van der Waals surface area contributed by atoms with Crippen LogP contribution < -0.4 is 16.0 Å². The summed E-state index contributed by atoms with van der Waals surface area (Å²) in [7, 11) is 0. The number of amides is 3. The molecule has 0 radical (unpaired) electrons. The van der Waals surface area contributed by atoms with Gasteiger partial charge in [-0.2, -0.15) is 0 Å². The molecule has 3 amide bonds. The fourth-order valence-corrected chi connectivity index (χ4v) is 2.74. The number of rotatable bonds is 10. The normalized spacial score (nSPS) is 21.0. The standard InChI is InChI=1S/C18H35N5O2/c1-6-14(7-2)13-21-16(19-9-4)20-11-10-12-23-15(24)18(5,8-3)22-17(23)25/h14H,6-13H2,1-5H3,(H,22,25)(H2,19,20,21). The Bertz CT molecular complexity index is 476. The van der Waals surface area contributed by atoms with Crippen LogP contribution in [0.25, 0.3) is 0 Å². The van der Waals surface area contributed by atoms with Crippen LogP contribution in [0.1, 0.15) is 60.3 Å². The SMILES string of the molecule is CCNC(=NCC(CC)CC)NCCCN1C(=O)NC(C)(CC)C1=O. The predicted molar refractivity (Wildman–Crippen MR) is 102 cm³/mol. The Kier molecular flexibility index (Phi) is 8.72. The van der Waals surface area contributed by atoms with Crippen molar-refractivity contribution in [2.75, 3.05) is 26.2 Å². The minimum absolute atomic E-state index is 0.130. The summed E-state index contributed by atoms with van der Waals surface area (Å²) in [4.78, 5) is 30.2. The highest BCUT2D eigenvalue weighted by Gasteiger charge is 2.45. The van der Waals surface area contributed by atoms with E-state index in [1.807, 2.05) is 13.8 Å². The maximum atomic E-state index is 12.3. The first-order valence-electron chi connectivity index (χ1n) is 9.58. The summed E-state index contributed by atoms with van der Waals surface area (Å²) in [6.07, 6.45) is 3.54. The number of nitrogens with one attached hydrogen (secondary N) is 3. The average Bonchev–Trinajstić information content (AvgIpc) is 2.82. The minimum Gasteiger partial charge on any atom is -0.357 e. The molecule has 25 heavy (non-hydrogen) atoms. The number of carbonyl (C=O) groups excluding carboxylic acids is 2. The Morgan fingerprint density at radius 2 is 1.88 bits per heavy atom. The van der Waals surface area contributed by atoms with Gasteiger partial charge in [-0.1, -0.05) is 33.6 Å². The van der Waals surface area contributed by atoms with E-state index < -0.39 is 5.54 Å². The van der Waals surface area contributed by atoms with Crippen molar-refractivity contribution >= 4 is 17.9 Å². The predicted octanol–water partition coefficient (Wildman–Crippen LogP) is 2.09. The van der Waals surface area contributed by atoms with Gasteiger partial charge in [0.2, 0.25) is 0 Å². The highest BCUT2D eigenvalue weighted by Crippen LogP contribution is 2.20. The third-order valence-electron chi connectivity index (χ3n) is 4.91. The number of hydrogen-bond acceptors (Lipinski definition) is 3. The van der Waals surface area contributed by atoms with Gasteiger partial charge in [0.05, 0.1) is 0 Å². The van der Waals surface area contributed by atoms with E-state index in [9.17, 15) is 9.59 Å². The highest BCUT2D eigenvalue weighted by molar-refractivity contribution is 6.06. The van der Waals surface area contributed by atoms with E-state index in [4.69, 9.17) is 0 Å². The molecule has 0 bridgehead atoms. The lowest BCUT2D eigenvalue weighted by Gasteiger charge is -2.19.